The van der Waals surface area contributed by atoms with Crippen LogP contribution in [0.25, 0.3) is 0 Å². The van der Waals surface area contributed by atoms with Crippen molar-refractivity contribution in [3.63, 3.8) is 0 Å². The predicted molar refractivity (Wildman–Crippen MR) is 217 cm³/mol. The van der Waals surface area contributed by atoms with Gasteiger partial charge in [0.1, 0.15) is 12.1 Å². The van der Waals surface area contributed by atoms with E-state index in [-0.39, 0.29) is 13.0 Å². The van der Waals surface area contributed by atoms with E-state index in [1.54, 1.807) is 0 Å². The summed E-state index contributed by atoms with van der Waals surface area (Å²) < 4.78 is 33.3. The summed E-state index contributed by atoms with van der Waals surface area (Å²) in [6.45, 7) is 3.74. The summed E-state index contributed by atoms with van der Waals surface area (Å²) in [7, 11) is -4.62. The molecule has 0 bridgehead atoms. The van der Waals surface area contributed by atoms with Gasteiger partial charge < -0.3 is 25.2 Å². The quantitative estimate of drug-likeness (QED) is 0.0238. The Kier molecular flexibility index (Phi) is 36.7. The molecule has 0 rings (SSSR count). The number of ether oxygens (including phenoxy) is 2. The number of carbonyl (C=O) groups is 2. The smallest absolute Gasteiger partial charge is 0.472 e. The average molecular weight is 770 g/mol. The third kappa shape index (κ3) is 38.0. The van der Waals surface area contributed by atoms with Gasteiger partial charge in [0.15, 0.2) is 0 Å². The lowest BCUT2D eigenvalue weighted by molar-refractivity contribution is -0.154. The number of carboxylic acid groups (broad SMARTS) is 1. The molecule has 0 aromatic heterocycles. The maximum atomic E-state index is 12.6. The molecule has 308 valence electrons. The zero-order chi connectivity index (χ0) is 39.1. The minimum atomic E-state index is -4.62. The zero-order valence-electron chi connectivity index (χ0n) is 33.3. The number of carboxylic acids is 1. The molecule has 3 atom stereocenters. The molecule has 53 heavy (non-hydrogen) atoms. The number of phosphoric acid groups is 1. The first-order valence-corrected chi connectivity index (χ1v) is 22.2. The van der Waals surface area contributed by atoms with E-state index in [0.29, 0.717) is 13.0 Å². The molecular formula is C42H76NO9P. The van der Waals surface area contributed by atoms with Gasteiger partial charge in [-0.3, -0.25) is 18.6 Å². The van der Waals surface area contributed by atoms with Crippen LogP contribution in [-0.2, 0) is 32.7 Å². The van der Waals surface area contributed by atoms with Crippen LogP contribution in [0.5, 0.6) is 0 Å². The summed E-state index contributed by atoms with van der Waals surface area (Å²) in [5.41, 5.74) is 5.34. The van der Waals surface area contributed by atoms with Crippen molar-refractivity contribution in [2.75, 3.05) is 26.4 Å². The number of hydrogen-bond acceptors (Lipinski definition) is 8. The highest BCUT2D eigenvalue weighted by Crippen LogP contribution is 2.43. The first-order valence-electron chi connectivity index (χ1n) is 20.7. The van der Waals surface area contributed by atoms with Crippen LogP contribution in [0.4, 0.5) is 0 Å². The number of phosphoric ester groups is 1. The fraction of sp³-hybridized carbons (Fsp3) is 0.762. The lowest BCUT2D eigenvalue weighted by atomic mass is 10.1. The van der Waals surface area contributed by atoms with Gasteiger partial charge in [-0.2, -0.15) is 0 Å². The zero-order valence-corrected chi connectivity index (χ0v) is 34.2. The summed E-state index contributed by atoms with van der Waals surface area (Å²) in [6, 6.07) is -1.47. The number of aliphatic carboxylic acids is 1. The second-order valence-electron chi connectivity index (χ2n) is 13.7. The number of esters is 1. The van der Waals surface area contributed by atoms with Crippen molar-refractivity contribution in [3.05, 3.63) is 48.6 Å². The SMILES string of the molecule is CC/C=C\C/C=C\C/C=C\C/C=C\CCCCCCCCC(=O)OC(COCCCCCCCCCCCCCC)COP(=O)(O)OCC(N)C(=O)O. The molecule has 3 unspecified atom stereocenters. The standard InChI is InChI=1S/C42H76NO9P/c1-3-5-7-9-11-13-15-17-18-19-20-21-22-23-24-26-28-30-32-34-41(44)52-39(37-50-53(47,48)51-38-40(43)42(45)46)36-49-35-33-31-29-27-25-16-14-12-10-8-6-4-2/h5,7,11,13,17-18,20-21,39-40H,3-4,6,8-10,12,14-16,19,22-38,43H2,1-2H3,(H,45,46)(H,47,48)/b7-5-,13-11-,18-17-,21-20-. The number of unbranched alkanes of at least 4 members (excludes halogenated alkanes) is 17. The molecule has 0 spiro atoms. The topological polar surface area (TPSA) is 155 Å². The van der Waals surface area contributed by atoms with Gasteiger partial charge in [0.25, 0.3) is 0 Å². The molecule has 0 aromatic rings. The van der Waals surface area contributed by atoms with Gasteiger partial charge in [-0.15, -0.1) is 0 Å². The Hall–Kier alpha value is -2.07. The third-order valence-corrected chi connectivity index (χ3v) is 9.57. The monoisotopic (exact) mass is 770 g/mol. The highest BCUT2D eigenvalue weighted by Gasteiger charge is 2.27. The molecule has 4 N–H and O–H groups in total. The van der Waals surface area contributed by atoms with Crippen LogP contribution in [0.2, 0.25) is 0 Å². The Labute approximate surface area is 322 Å². The Morgan fingerprint density at radius 1 is 0.623 bits per heavy atom. The second kappa shape index (κ2) is 38.2. The van der Waals surface area contributed by atoms with Gasteiger partial charge in [-0.1, -0.05) is 159 Å². The lowest BCUT2D eigenvalue weighted by Crippen LogP contribution is -2.34. The Bertz CT molecular complexity index is 1030. The molecule has 0 aliphatic heterocycles. The number of allylic oxidation sites excluding steroid dienone is 8. The average Bonchev–Trinajstić information content (AvgIpc) is 3.13. The Morgan fingerprint density at radius 2 is 1.09 bits per heavy atom. The van der Waals surface area contributed by atoms with Gasteiger partial charge in [0.2, 0.25) is 0 Å². The summed E-state index contributed by atoms with van der Waals surface area (Å²) in [5.74, 6) is -1.79. The van der Waals surface area contributed by atoms with Crippen LogP contribution >= 0.6 is 7.82 Å². The van der Waals surface area contributed by atoms with Crippen molar-refractivity contribution in [1.29, 1.82) is 0 Å². The van der Waals surface area contributed by atoms with E-state index in [0.717, 1.165) is 83.5 Å². The normalized spacial score (nSPS) is 14.5. The number of nitrogens with two attached hydrogens (primary N) is 1. The van der Waals surface area contributed by atoms with Crippen molar-refractivity contribution in [3.8, 4) is 0 Å². The van der Waals surface area contributed by atoms with Crippen molar-refractivity contribution >= 4 is 19.8 Å². The highest BCUT2D eigenvalue weighted by atomic mass is 31.2. The fourth-order valence-corrected chi connectivity index (χ4v) is 6.20. The van der Waals surface area contributed by atoms with E-state index in [1.807, 2.05) is 0 Å². The Balaban J connectivity index is 4.28. The second-order valence-corrected chi connectivity index (χ2v) is 15.2. The molecule has 0 amide bonds. The van der Waals surface area contributed by atoms with Crippen LogP contribution in [0.1, 0.15) is 168 Å². The minimum absolute atomic E-state index is 0.0116. The first-order chi connectivity index (χ1) is 25.7. The highest BCUT2D eigenvalue weighted by molar-refractivity contribution is 7.47. The van der Waals surface area contributed by atoms with Crippen molar-refractivity contribution in [2.45, 2.75) is 180 Å². The van der Waals surface area contributed by atoms with Gasteiger partial charge in [0.05, 0.1) is 19.8 Å². The minimum Gasteiger partial charge on any atom is -0.480 e. The maximum absolute atomic E-state index is 12.6. The van der Waals surface area contributed by atoms with Crippen molar-refractivity contribution in [1.82, 2.24) is 0 Å². The van der Waals surface area contributed by atoms with Crippen LogP contribution in [0.3, 0.4) is 0 Å². The molecule has 0 fully saturated rings. The molecule has 0 aromatic carbocycles. The third-order valence-electron chi connectivity index (χ3n) is 8.62. The van der Waals surface area contributed by atoms with Crippen LogP contribution in [-0.4, -0.2) is 60.5 Å². The number of carbonyl (C=O) groups excluding carboxylic acids is 1. The number of hydrogen-bond donors (Lipinski definition) is 3. The molecule has 0 aliphatic carbocycles. The van der Waals surface area contributed by atoms with Crippen LogP contribution in [0, 0.1) is 0 Å². The van der Waals surface area contributed by atoms with Crippen molar-refractivity contribution < 1.29 is 42.7 Å². The van der Waals surface area contributed by atoms with E-state index < -0.39 is 45.1 Å². The van der Waals surface area contributed by atoms with E-state index in [9.17, 15) is 19.0 Å². The molecule has 0 aliphatic rings. The summed E-state index contributed by atoms with van der Waals surface area (Å²) in [4.78, 5) is 33.5. The first kappa shape index (κ1) is 50.9. The molecule has 0 heterocycles. The van der Waals surface area contributed by atoms with Gasteiger partial charge in [-0.25, -0.2) is 4.57 Å². The van der Waals surface area contributed by atoms with E-state index in [1.165, 1.54) is 57.8 Å². The van der Waals surface area contributed by atoms with Crippen molar-refractivity contribution in [2.24, 2.45) is 5.73 Å². The van der Waals surface area contributed by atoms with Gasteiger partial charge in [0, 0.05) is 13.0 Å². The Morgan fingerprint density at radius 3 is 1.64 bits per heavy atom. The van der Waals surface area contributed by atoms with Gasteiger partial charge in [-0.05, 0) is 51.4 Å². The number of rotatable bonds is 39. The van der Waals surface area contributed by atoms with E-state index in [4.69, 9.17) is 29.4 Å². The van der Waals surface area contributed by atoms with Crippen LogP contribution in [0.15, 0.2) is 48.6 Å². The fourth-order valence-electron chi connectivity index (χ4n) is 5.42. The largest absolute Gasteiger partial charge is 0.480 e. The molecule has 10 nitrogen and oxygen atoms in total. The van der Waals surface area contributed by atoms with E-state index in [2.05, 4.69) is 62.5 Å². The molecule has 0 radical (unpaired) electrons. The lowest BCUT2D eigenvalue weighted by Gasteiger charge is -2.20. The summed E-state index contributed by atoms with van der Waals surface area (Å²) in [6.07, 6.45) is 43.0. The van der Waals surface area contributed by atoms with E-state index >= 15 is 0 Å². The predicted octanol–water partition coefficient (Wildman–Crippen LogP) is 11.1. The summed E-state index contributed by atoms with van der Waals surface area (Å²) >= 11 is 0. The molecule has 0 saturated carbocycles. The summed E-state index contributed by atoms with van der Waals surface area (Å²) in [5, 5.41) is 8.88. The molecule has 11 heteroatoms. The molecular weight excluding hydrogens is 693 g/mol. The maximum Gasteiger partial charge on any atom is 0.472 e. The van der Waals surface area contributed by atoms with Crippen LogP contribution < -0.4 is 5.73 Å². The van der Waals surface area contributed by atoms with Gasteiger partial charge >= 0.3 is 19.8 Å². The molecule has 0 saturated heterocycles.